The number of nitrogens with one attached hydrogen (secondary N) is 2. The summed E-state index contributed by atoms with van der Waals surface area (Å²) in [6, 6.07) is 6.29. The van der Waals surface area contributed by atoms with Crippen molar-refractivity contribution in [2.24, 2.45) is 0 Å². The van der Waals surface area contributed by atoms with Crippen LogP contribution in [0.2, 0.25) is 0 Å². The van der Waals surface area contributed by atoms with Crippen LogP contribution in [0.4, 0.5) is 10.1 Å². The van der Waals surface area contributed by atoms with E-state index in [4.69, 9.17) is 5.26 Å². The first kappa shape index (κ1) is 13.0. The van der Waals surface area contributed by atoms with E-state index in [-0.39, 0.29) is 24.7 Å². The Balaban J connectivity index is 2.42. The summed E-state index contributed by atoms with van der Waals surface area (Å²) in [5.74, 6) is -0.563. The second-order valence-corrected chi connectivity index (χ2v) is 3.57. The third kappa shape index (κ3) is 4.51. The van der Waals surface area contributed by atoms with E-state index in [1.54, 1.807) is 6.07 Å². The van der Waals surface area contributed by atoms with Crippen LogP contribution in [-0.2, 0) is 4.79 Å². The number of halogens is 1. The summed E-state index contributed by atoms with van der Waals surface area (Å²) in [5, 5.41) is 13.7. The first-order chi connectivity index (χ1) is 8.13. The fraction of sp³-hybridized carbons (Fsp3) is 0.333. The van der Waals surface area contributed by atoms with Crippen molar-refractivity contribution in [3.63, 3.8) is 0 Å². The molecule has 0 spiro atoms. The molecular formula is C12H14FN3O. The van der Waals surface area contributed by atoms with Crippen molar-refractivity contribution in [1.82, 2.24) is 5.32 Å². The number of nitrogens with zero attached hydrogens (tertiary/aromatic N) is 1. The standard InChI is InChI=1S/C12H14FN3O/c1-9-3-4-10(13)7-11(9)16-8-12(17)15-6-2-5-14/h3-4,7,16H,2,6,8H2,1H3,(H,15,17). The minimum Gasteiger partial charge on any atom is -0.376 e. The van der Waals surface area contributed by atoms with Crippen molar-refractivity contribution >= 4 is 11.6 Å². The number of aryl methyl sites for hydroxylation is 1. The van der Waals surface area contributed by atoms with Crippen LogP contribution < -0.4 is 10.6 Å². The lowest BCUT2D eigenvalue weighted by atomic mass is 10.2. The second kappa shape index (κ2) is 6.48. The van der Waals surface area contributed by atoms with Gasteiger partial charge in [-0.2, -0.15) is 5.26 Å². The van der Waals surface area contributed by atoms with Gasteiger partial charge in [-0.05, 0) is 24.6 Å². The Morgan fingerprint density at radius 3 is 3.00 bits per heavy atom. The van der Waals surface area contributed by atoms with Crippen LogP contribution in [0.15, 0.2) is 18.2 Å². The molecule has 1 amide bonds. The average Bonchev–Trinajstić information content (AvgIpc) is 2.31. The maximum atomic E-state index is 12.9. The normalized spacial score (nSPS) is 9.47. The highest BCUT2D eigenvalue weighted by Gasteiger charge is 2.03. The van der Waals surface area contributed by atoms with Gasteiger partial charge in [-0.25, -0.2) is 4.39 Å². The van der Waals surface area contributed by atoms with Crippen molar-refractivity contribution in [3.05, 3.63) is 29.6 Å². The molecule has 0 atom stereocenters. The molecule has 5 heteroatoms. The Morgan fingerprint density at radius 2 is 2.29 bits per heavy atom. The summed E-state index contributed by atoms with van der Waals surface area (Å²) in [6.45, 7) is 2.23. The van der Waals surface area contributed by atoms with Crippen LogP contribution in [0.1, 0.15) is 12.0 Å². The maximum Gasteiger partial charge on any atom is 0.239 e. The van der Waals surface area contributed by atoms with E-state index in [9.17, 15) is 9.18 Å². The zero-order valence-electron chi connectivity index (χ0n) is 9.59. The molecule has 0 fully saturated rings. The SMILES string of the molecule is Cc1ccc(F)cc1NCC(=O)NCCC#N. The van der Waals surface area contributed by atoms with E-state index in [2.05, 4.69) is 10.6 Å². The van der Waals surface area contributed by atoms with Gasteiger partial charge in [0.1, 0.15) is 5.82 Å². The van der Waals surface area contributed by atoms with Crippen molar-refractivity contribution in [3.8, 4) is 6.07 Å². The number of carbonyl (C=O) groups is 1. The van der Waals surface area contributed by atoms with Crippen LogP contribution in [0.25, 0.3) is 0 Å². The first-order valence-corrected chi connectivity index (χ1v) is 5.27. The van der Waals surface area contributed by atoms with Crippen LogP contribution in [0, 0.1) is 24.1 Å². The van der Waals surface area contributed by atoms with Gasteiger partial charge in [0.25, 0.3) is 0 Å². The third-order valence-corrected chi connectivity index (χ3v) is 2.20. The van der Waals surface area contributed by atoms with Gasteiger partial charge in [-0.1, -0.05) is 6.07 Å². The lowest BCUT2D eigenvalue weighted by Gasteiger charge is -2.09. The first-order valence-electron chi connectivity index (χ1n) is 5.27. The van der Waals surface area contributed by atoms with Gasteiger partial charge in [-0.15, -0.1) is 0 Å². The lowest BCUT2D eigenvalue weighted by Crippen LogP contribution is -2.30. The highest BCUT2D eigenvalue weighted by molar-refractivity contribution is 5.80. The molecular weight excluding hydrogens is 221 g/mol. The van der Waals surface area contributed by atoms with Gasteiger partial charge in [-0.3, -0.25) is 4.79 Å². The molecule has 1 rings (SSSR count). The molecule has 0 aliphatic heterocycles. The second-order valence-electron chi connectivity index (χ2n) is 3.57. The largest absolute Gasteiger partial charge is 0.376 e. The Labute approximate surface area is 99.4 Å². The van der Waals surface area contributed by atoms with E-state index < -0.39 is 0 Å². The Hall–Kier alpha value is -2.09. The van der Waals surface area contributed by atoms with Crippen LogP contribution in [0.3, 0.4) is 0 Å². The van der Waals surface area contributed by atoms with Crippen LogP contribution in [-0.4, -0.2) is 19.0 Å². The molecule has 0 aromatic heterocycles. The Bertz CT molecular complexity index is 440. The van der Waals surface area contributed by atoms with Crippen molar-refractivity contribution in [1.29, 1.82) is 5.26 Å². The Morgan fingerprint density at radius 1 is 1.53 bits per heavy atom. The smallest absolute Gasteiger partial charge is 0.239 e. The minimum atomic E-state index is -0.344. The molecule has 0 radical (unpaired) electrons. The molecule has 0 aliphatic rings. The molecule has 1 aromatic rings. The van der Waals surface area contributed by atoms with Gasteiger partial charge in [0.2, 0.25) is 5.91 Å². The highest BCUT2D eigenvalue weighted by Crippen LogP contribution is 2.15. The molecule has 0 aliphatic carbocycles. The summed E-state index contributed by atoms with van der Waals surface area (Å²) in [4.78, 5) is 11.3. The van der Waals surface area contributed by atoms with E-state index >= 15 is 0 Å². The number of rotatable bonds is 5. The Kier molecular flexibility index (Phi) is 4.95. The summed E-state index contributed by atoms with van der Waals surface area (Å²) in [7, 11) is 0. The number of nitriles is 1. The molecule has 0 heterocycles. The van der Waals surface area contributed by atoms with Gasteiger partial charge in [0.15, 0.2) is 0 Å². The summed E-state index contributed by atoms with van der Waals surface area (Å²) in [5.41, 5.74) is 1.47. The van der Waals surface area contributed by atoms with Gasteiger partial charge in [0, 0.05) is 12.2 Å². The molecule has 90 valence electrons. The number of hydrogen-bond donors (Lipinski definition) is 2. The zero-order chi connectivity index (χ0) is 12.7. The molecule has 1 aromatic carbocycles. The summed E-state index contributed by atoms with van der Waals surface area (Å²) >= 11 is 0. The predicted molar refractivity (Wildman–Crippen MR) is 62.9 cm³/mol. The van der Waals surface area contributed by atoms with Crippen molar-refractivity contribution in [2.45, 2.75) is 13.3 Å². The van der Waals surface area contributed by atoms with E-state index in [1.807, 2.05) is 13.0 Å². The summed E-state index contributed by atoms with van der Waals surface area (Å²) < 4.78 is 12.9. The molecule has 0 unspecified atom stereocenters. The van der Waals surface area contributed by atoms with Gasteiger partial charge in [0.05, 0.1) is 19.0 Å². The monoisotopic (exact) mass is 235 g/mol. The van der Waals surface area contributed by atoms with E-state index in [0.717, 1.165) is 5.56 Å². The van der Waals surface area contributed by atoms with Gasteiger partial charge >= 0.3 is 0 Å². The molecule has 0 bridgehead atoms. The van der Waals surface area contributed by atoms with Crippen molar-refractivity contribution in [2.75, 3.05) is 18.4 Å². The maximum absolute atomic E-state index is 12.9. The summed E-state index contributed by atoms with van der Waals surface area (Å²) in [6.07, 6.45) is 0.282. The fourth-order valence-corrected chi connectivity index (χ4v) is 1.28. The highest BCUT2D eigenvalue weighted by atomic mass is 19.1. The molecule has 2 N–H and O–H groups in total. The lowest BCUT2D eigenvalue weighted by molar-refractivity contribution is -0.119. The fourth-order valence-electron chi connectivity index (χ4n) is 1.28. The minimum absolute atomic E-state index is 0.0652. The number of benzene rings is 1. The van der Waals surface area contributed by atoms with Crippen LogP contribution >= 0.6 is 0 Å². The van der Waals surface area contributed by atoms with Crippen LogP contribution in [0.5, 0.6) is 0 Å². The molecule has 0 saturated heterocycles. The molecule has 0 saturated carbocycles. The molecule has 17 heavy (non-hydrogen) atoms. The number of carbonyl (C=O) groups excluding carboxylic acids is 1. The zero-order valence-corrected chi connectivity index (χ0v) is 9.59. The molecule has 4 nitrogen and oxygen atoms in total. The van der Waals surface area contributed by atoms with E-state index in [0.29, 0.717) is 12.2 Å². The average molecular weight is 235 g/mol. The quantitative estimate of drug-likeness (QED) is 0.761. The number of anilines is 1. The van der Waals surface area contributed by atoms with Crippen molar-refractivity contribution < 1.29 is 9.18 Å². The predicted octanol–water partition coefficient (Wildman–Crippen LogP) is 1.58. The topological polar surface area (TPSA) is 64.9 Å². The number of amides is 1. The van der Waals surface area contributed by atoms with E-state index in [1.165, 1.54) is 12.1 Å². The van der Waals surface area contributed by atoms with Gasteiger partial charge < -0.3 is 10.6 Å². The number of hydrogen-bond acceptors (Lipinski definition) is 3. The third-order valence-electron chi connectivity index (χ3n) is 2.20.